The van der Waals surface area contributed by atoms with Crippen LogP contribution in [0.3, 0.4) is 0 Å². The maximum atomic E-state index is 13.2. The van der Waals surface area contributed by atoms with E-state index in [2.05, 4.69) is 4.98 Å². The summed E-state index contributed by atoms with van der Waals surface area (Å²) in [5, 5.41) is 0.0779. The lowest BCUT2D eigenvalue weighted by Crippen LogP contribution is -2.15. The van der Waals surface area contributed by atoms with E-state index >= 15 is 0 Å². The van der Waals surface area contributed by atoms with Gasteiger partial charge in [-0.05, 0) is 31.5 Å². The molecule has 1 unspecified atom stereocenters. The summed E-state index contributed by atoms with van der Waals surface area (Å²) in [6.45, 7) is 3.90. The van der Waals surface area contributed by atoms with Crippen LogP contribution in [0.15, 0.2) is 24.4 Å². The van der Waals surface area contributed by atoms with Gasteiger partial charge in [-0.2, -0.15) is 0 Å². The van der Waals surface area contributed by atoms with Crippen LogP contribution in [0, 0.1) is 19.7 Å². The quantitative estimate of drug-likeness (QED) is 0.936. The molecule has 0 bridgehead atoms. The minimum absolute atomic E-state index is 0.0779. The molecule has 1 aromatic heterocycles. The maximum Gasteiger partial charge on any atom is 0.141 e. The third-order valence-corrected chi connectivity index (χ3v) is 3.82. The third kappa shape index (κ3) is 3.34. The summed E-state index contributed by atoms with van der Waals surface area (Å²) in [6.07, 6.45) is 2.30. The van der Waals surface area contributed by atoms with Gasteiger partial charge < -0.3 is 10.5 Å². The van der Waals surface area contributed by atoms with Crippen molar-refractivity contribution in [2.45, 2.75) is 26.3 Å². The number of aromatic nitrogens is 1. The molecular weight excluding hydrogens is 291 g/mol. The van der Waals surface area contributed by atoms with E-state index < -0.39 is 5.82 Å². The molecule has 1 heterocycles. The van der Waals surface area contributed by atoms with Crippen molar-refractivity contribution in [3.05, 3.63) is 57.6 Å². The first-order valence-electron chi connectivity index (χ1n) is 6.63. The molecule has 21 heavy (non-hydrogen) atoms. The Balaban J connectivity index is 2.27. The summed E-state index contributed by atoms with van der Waals surface area (Å²) in [5.74, 6) is 0.378. The molecule has 0 aliphatic carbocycles. The standard InChI is InChI=1S/C16H18ClFN2O/c1-9-8-20-15(10(2)16(9)21-3)7-14(19)11-4-5-13(18)12(17)6-11/h4-6,8,14H,7,19H2,1-3H3. The van der Waals surface area contributed by atoms with E-state index in [4.69, 9.17) is 22.1 Å². The van der Waals surface area contributed by atoms with Gasteiger partial charge in [0.05, 0.1) is 12.1 Å². The van der Waals surface area contributed by atoms with Gasteiger partial charge in [-0.3, -0.25) is 4.98 Å². The second-order valence-electron chi connectivity index (χ2n) is 5.03. The number of benzene rings is 1. The third-order valence-electron chi connectivity index (χ3n) is 3.53. The number of hydrogen-bond acceptors (Lipinski definition) is 3. The van der Waals surface area contributed by atoms with Crippen LogP contribution >= 0.6 is 11.6 Å². The highest BCUT2D eigenvalue weighted by Crippen LogP contribution is 2.27. The number of methoxy groups -OCH3 is 1. The van der Waals surface area contributed by atoms with Crippen molar-refractivity contribution in [3.8, 4) is 5.75 Å². The van der Waals surface area contributed by atoms with Crippen molar-refractivity contribution in [2.24, 2.45) is 5.73 Å². The predicted molar refractivity (Wildman–Crippen MR) is 82.3 cm³/mol. The van der Waals surface area contributed by atoms with Gasteiger partial charge in [-0.25, -0.2) is 4.39 Å². The van der Waals surface area contributed by atoms with Crippen LogP contribution < -0.4 is 10.5 Å². The first kappa shape index (κ1) is 15.7. The molecule has 0 aliphatic heterocycles. The van der Waals surface area contributed by atoms with Gasteiger partial charge in [0.2, 0.25) is 0 Å². The average molecular weight is 309 g/mol. The number of halogens is 2. The second-order valence-corrected chi connectivity index (χ2v) is 5.44. The van der Waals surface area contributed by atoms with Gasteiger partial charge in [-0.1, -0.05) is 17.7 Å². The highest BCUT2D eigenvalue weighted by Gasteiger charge is 2.15. The number of aryl methyl sites for hydroxylation is 1. The molecule has 2 rings (SSSR count). The van der Waals surface area contributed by atoms with E-state index in [-0.39, 0.29) is 11.1 Å². The van der Waals surface area contributed by atoms with Crippen molar-refractivity contribution in [1.29, 1.82) is 0 Å². The topological polar surface area (TPSA) is 48.1 Å². The smallest absolute Gasteiger partial charge is 0.141 e. The Morgan fingerprint density at radius 1 is 1.38 bits per heavy atom. The van der Waals surface area contributed by atoms with Crippen LogP contribution in [-0.4, -0.2) is 12.1 Å². The average Bonchev–Trinajstić information content (AvgIpc) is 2.45. The minimum atomic E-state index is -0.445. The number of nitrogens with two attached hydrogens (primary N) is 1. The summed E-state index contributed by atoms with van der Waals surface area (Å²) in [4.78, 5) is 4.42. The van der Waals surface area contributed by atoms with Gasteiger partial charge >= 0.3 is 0 Å². The van der Waals surface area contributed by atoms with E-state index in [1.54, 1.807) is 25.4 Å². The summed E-state index contributed by atoms with van der Waals surface area (Å²) in [5.41, 5.74) is 9.79. The summed E-state index contributed by atoms with van der Waals surface area (Å²) in [7, 11) is 1.64. The molecule has 112 valence electrons. The van der Waals surface area contributed by atoms with Crippen LogP contribution in [0.5, 0.6) is 5.75 Å². The first-order valence-corrected chi connectivity index (χ1v) is 7.01. The van der Waals surface area contributed by atoms with Crippen molar-refractivity contribution in [2.75, 3.05) is 7.11 Å². The van der Waals surface area contributed by atoms with E-state index in [1.807, 2.05) is 13.8 Å². The highest BCUT2D eigenvalue weighted by molar-refractivity contribution is 6.30. The Labute approximate surface area is 128 Å². The van der Waals surface area contributed by atoms with Crippen LogP contribution in [0.25, 0.3) is 0 Å². The van der Waals surface area contributed by atoms with E-state index in [1.165, 1.54) is 6.07 Å². The Bertz CT molecular complexity index is 661. The van der Waals surface area contributed by atoms with Crippen LogP contribution in [0.2, 0.25) is 5.02 Å². The maximum absolute atomic E-state index is 13.2. The molecule has 2 aromatic rings. The zero-order valence-corrected chi connectivity index (χ0v) is 13.0. The van der Waals surface area contributed by atoms with Crippen LogP contribution in [-0.2, 0) is 6.42 Å². The molecule has 2 N–H and O–H groups in total. The number of nitrogens with zero attached hydrogens (tertiary/aromatic N) is 1. The van der Waals surface area contributed by atoms with Crippen molar-refractivity contribution in [3.63, 3.8) is 0 Å². The number of ether oxygens (including phenoxy) is 1. The lowest BCUT2D eigenvalue weighted by Gasteiger charge is -2.16. The second kappa shape index (κ2) is 6.41. The number of hydrogen-bond donors (Lipinski definition) is 1. The van der Waals surface area contributed by atoms with E-state index in [9.17, 15) is 4.39 Å². The zero-order chi connectivity index (χ0) is 15.6. The van der Waals surface area contributed by atoms with Crippen molar-refractivity contribution < 1.29 is 9.13 Å². The lowest BCUT2D eigenvalue weighted by molar-refractivity contribution is 0.406. The molecule has 0 spiro atoms. The zero-order valence-electron chi connectivity index (χ0n) is 12.3. The van der Waals surface area contributed by atoms with Gasteiger partial charge in [-0.15, -0.1) is 0 Å². The molecule has 1 aromatic carbocycles. The first-order chi connectivity index (χ1) is 9.93. The van der Waals surface area contributed by atoms with Gasteiger partial charge in [0.15, 0.2) is 0 Å². The van der Waals surface area contributed by atoms with Crippen LogP contribution in [0.4, 0.5) is 4.39 Å². The van der Waals surface area contributed by atoms with Gasteiger partial charge in [0.25, 0.3) is 0 Å². The number of pyridine rings is 1. The molecule has 1 atom stereocenters. The van der Waals surface area contributed by atoms with Crippen molar-refractivity contribution in [1.82, 2.24) is 4.98 Å². The fourth-order valence-corrected chi connectivity index (χ4v) is 2.54. The van der Waals surface area contributed by atoms with E-state index in [0.717, 1.165) is 28.1 Å². The molecule has 0 radical (unpaired) electrons. The molecule has 0 saturated carbocycles. The van der Waals surface area contributed by atoms with Gasteiger partial charge in [0.1, 0.15) is 11.6 Å². The Morgan fingerprint density at radius 2 is 2.10 bits per heavy atom. The normalized spacial score (nSPS) is 12.3. The van der Waals surface area contributed by atoms with E-state index in [0.29, 0.717) is 6.42 Å². The highest BCUT2D eigenvalue weighted by atomic mass is 35.5. The SMILES string of the molecule is COc1c(C)cnc(CC(N)c2ccc(F)c(Cl)c2)c1C. The molecule has 5 heteroatoms. The molecule has 3 nitrogen and oxygen atoms in total. The largest absolute Gasteiger partial charge is 0.496 e. The fourth-order valence-electron chi connectivity index (χ4n) is 2.35. The molecule has 0 aliphatic rings. The van der Waals surface area contributed by atoms with Gasteiger partial charge in [0, 0.05) is 35.5 Å². The molecule has 0 saturated heterocycles. The van der Waals surface area contributed by atoms with Crippen molar-refractivity contribution >= 4 is 11.6 Å². The predicted octanol–water partition coefficient (Wildman–Crippen LogP) is 3.74. The summed E-state index contributed by atoms with van der Waals surface area (Å²) < 4.78 is 18.6. The van der Waals surface area contributed by atoms with Crippen LogP contribution in [0.1, 0.15) is 28.4 Å². The summed E-state index contributed by atoms with van der Waals surface area (Å²) in [6, 6.07) is 4.23. The monoisotopic (exact) mass is 308 g/mol. The Morgan fingerprint density at radius 3 is 2.71 bits per heavy atom. The number of rotatable bonds is 4. The summed E-state index contributed by atoms with van der Waals surface area (Å²) >= 11 is 5.79. The lowest BCUT2D eigenvalue weighted by atomic mass is 9.99. The molecule has 0 amide bonds. The molecular formula is C16H18ClFN2O. The Kier molecular flexibility index (Phi) is 4.80. The Hall–Kier alpha value is -1.65. The minimum Gasteiger partial charge on any atom is -0.496 e. The fraction of sp³-hybridized carbons (Fsp3) is 0.312. The molecule has 0 fully saturated rings.